The number of anilines is 3. The van der Waals surface area contributed by atoms with Gasteiger partial charge in [-0.05, 0) is 90.9 Å². The molecule has 0 amide bonds. The van der Waals surface area contributed by atoms with Gasteiger partial charge in [0, 0.05) is 16.8 Å². The molecule has 1 spiro atoms. The molecule has 8 aromatic rings. The minimum absolute atomic E-state index is 0.961. The topological polar surface area (TPSA) is 12.5 Å². The van der Waals surface area contributed by atoms with Gasteiger partial charge in [0.2, 0.25) is 0 Å². The third-order valence-electron chi connectivity index (χ3n) is 10.3. The molecule has 2 aliphatic rings. The summed E-state index contributed by atoms with van der Waals surface area (Å²) in [6.07, 6.45) is 0. The van der Waals surface area contributed by atoms with Crippen molar-refractivity contribution in [1.29, 1.82) is 0 Å². The Bertz CT molecular complexity index is 2490. The molecule has 3 heteroatoms. The van der Waals surface area contributed by atoms with Crippen LogP contribution >= 0.6 is 0 Å². The first-order valence-corrected chi connectivity index (χ1v) is 18.9. The highest BCUT2D eigenvalue weighted by Crippen LogP contribution is 2.42. The monoisotopic (exact) mass is 641 g/mol. The van der Waals surface area contributed by atoms with Gasteiger partial charge in [-0.3, -0.25) is 0 Å². The fourth-order valence-electron chi connectivity index (χ4n) is 8.25. The molecule has 0 saturated carbocycles. The van der Waals surface area contributed by atoms with Crippen LogP contribution in [0.5, 0.6) is 11.5 Å². The third-order valence-corrected chi connectivity index (χ3v) is 15.2. The predicted octanol–water partition coefficient (Wildman–Crippen LogP) is 9.44. The Hall–Kier alpha value is -6.16. The van der Waals surface area contributed by atoms with Gasteiger partial charge in [-0.15, -0.1) is 0 Å². The van der Waals surface area contributed by atoms with Gasteiger partial charge in [0.25, 0.3) is 0 Å². The van der Waals surface area contributed by atoms with E-state index in [0.717, 1.165) is 28.6 Å². The summed E-state index contributed by atoms with van der Waals surface area (Å²) < 4.78 is 6.63. The number of hydrogen-bond donors (Lipinski definition) is 0. The van der Waals surface area contributed by atoms with E-state index in [1.165, 1.54) is 53.8 Å². The lowest BCUT2D eigenvalue weighted by atomic mass is 10.0. The number of hydrogen-bond acceptors (Lipinski definition) is 2. The quantitative estimate of drug-likeness (QED) is 0.178. The Morgan fingerprint density at radius 1 is 0.388 bits per heavy atom. The average molecular weight is 642 g/mol. The second-order valence-corrected chi connectivity index (χ2v) is 16.5. The Balaban J connectivity index is 1.25. The fraction of sp³-hybridized carbons (Fsp3) is 0. The van der Waals surface area contributed by atoms with Gasteiger partial charge < -0.3 is 9.64 Å². The molecule has 0 unspecified atom stereocenters. The fourth-order valence-corrected chi connectivity index (χ4v) is 13.6. The van der Waals surface area contributed by atoms with Crippen LogP contribution in [0.25, 0.3) is 33.0 Å². The summed E-state index contributed by atoms with van der Waals surface area (Å²) in [5.74, 6) is 1.92. The number of ether oxygens (including phenoxy) is 1. The molecule has 0 N–H and O–H groups in total. The second-order valence-electron chi connectivity index (χ2n) is 12.9. The van der Waals surface area contributed by atoms with Gasteiger partial charge in [0.05, 0.1) is 5.69 Å². The van der Waals surface area contributed by atoms with Crippen molar-refractivity contribution in [2.75, 3.05) is 4.90 Å². The number of para-hydroxylation sites is 2. The van der Waals surface area contributed by atoms with Crippen molar-refractivity contribution in [2.45, 2.75) is 0 Å². The zero-order valence-electron chi connectivity index (χ0n) is 26.8. The van der Waals surface area contributed by atoms with Crippen molar-refractivity contribution >= 4 is 56.7 Å². The van der Waals surface area contributed by atoms with Gasteiger partial charge in [-0.25, -0.2) is 0 Å². The molecule has 0 aromatic heterocycles. The molecule has 0 bridgehead atoms. The molecule has 2 heterocycles. The number of fused-ring (bicyclic) bond motifs is 10. The maximum absolute atomic E-state index is 6.63. The molecule has 8 aromatic carbocycles. The van der Waals surface area contributed by atoms with Crippen molar-refractivity contribution in [3.8, 4) is 33.8 Å². The van der Waals surface area contributed by atoms with Crippen LogP contribution in [-0.2, 0) is 0 Å². The maximum atomic E-state index is 6.63. The zero-order chi connectivity index (χ0) is 32.4. The van der Waals surface area contributed by atoms with Crippen LogP contribution < -0.4 is 30.4 Å². The summed E-state index contributed by atoms with van der Waals surface area (Å²) in [5, 5.41) is 7.88. The van der Waals surface area contributed by atoms with E-state index in [1.807, 2.05) is 0 Å². The summed E-state index contributed by atoms with van der Waals surface area (Å²) >= 11 is 0. The molecule has 0 atom stereocenters. The standard InChI is InChI=1S/C46H31NOSi/c1-2-13-32(14-3-1)33-25-27-35(28-26-33)47(40-19-12-16-34-15-4-5-17-37(34)40)36-29-30-39-38-18-6-9-22-43(38)49(46(39)31-36)44-23-10-7-20-41(44)48-42-21-8-11-24-45(42)49/h1-31H. The average Bonchev–Trinajstić information content (AvgIpc) is 3.46. The Labute approximate surface area is 287 Å². The van der Waals surface area contributed by atoms with Gasteiger partial charge in [0.1, 0.15) is 11.5 Å². The molecule has 0 saturated heterocycles. The molecule has 0 fully saturated rings. The molecule has 2 nitrogen and oxygen atoms in total. The lowest BCUT2D eigenvalue weighted by Gasteiger charge is -2.37. The van der Waals surface area contributed by atoms with Crippen LogP contribution in [0.4, 0.5) is 17.1 Å². The highest BCUT2D eigenvalue weighted by Gasteiger charge is 2.53. The number of rotatable bonds is 4. The lowest BCUT2D eigenvalue weighted by molar-refractivity contribution is 0.487. The Morgan fingerprint density at radius 2 is 0.959 bits per heavy atom. The maximum Gasteiger partial charge on any atom is 0.189 e. The van der Waals surface area contributed by atoms with E-state index < -0.39 is 8.07 Å². The SMILES string of the molecule is c1ccc(-c2ccc(N(c3ccc4c(c3)[Si]3(c5ccccc5Oc5ccccc53)c3ccccc3-4)c3cccc4ccccc34)cc2)cc1. The van der Waals surface area contributed by atoms with Crippen molar-refractivity contribution in [2.24, 2.45) is 0 Å². The van der Waals surface area contributed by atoms with Crippen LogP contribution in [0.2, 0.25) is 0 Å². The largest absolute Gasteiger partial charge is 0.458 e. The molecule has 230 valence electrons. The molecule has 0 aliphatic carbocycles. The van der Waals surface area contributed by atoms with Gasteiger partial charge in [-0.1, -0.05) is 146 Å². The van der Waals surface area contributed by atoms with Crippen molar-refractivity contribution in [3.63, 3.8) is 0 Å². The highest BCUT2D eigenvalue weighted by atomic mass is 28.3. The summed E-state index contributed by atoms with van der Waals surface area (Å²) in [4.78, 5) is 2.44. The van der Waals surface area contributed by atoms with E-state index in [2.05, 4.69) is 193 Å². The predicted molar refractivity (Wildman–Crippen MR) is 207 cm³/mol. The molecule has 49 heavy (non-hydrogen) atoms. The van der Waals surface area contributed by atoms with E-state index in [-0.39, 0.29) is 0 Å². The van der Waals surface area contributed by atoms with E-state index in [4.69, 9.17) is 4.74 Å². The van der Waals surface area contributed by atoms with Gasteiger partial charge in [-0.2, -0.15) is 0 Å². The molecule has 0 radical (unpaired) electrons. The Kier molecular flexibility index (Phi) is 6.23. The van der Waals surface area contributed by atoms with Crippen LogP contribution in [0.15, 0.2) is 188 Å². The zero-order valence-corrected chi connectivity index (χ0v) is 27.8. The van der Waals surface area contributed by atoms with E-state index >= 15 is 0 Å². The minimum atomic E-state index is -2.74. The smallest absolute Gasteiger partial charge is 0.189 e. The van der Waals surface area contributed by atoms with Crippen LogP contribution in [0.3, 0.4) is 0 Å². The van der Waals surface area contributed by atoms with Crippen LogP contribution in [-0.4, -0.2) is 8.07 Å². The summed E-state index contributed by atoms with van der Waals surface area (Å²) in [7, 11) is -2.74. The summed E-state index contributed by atoms with van der Waals surface area (Å²) in [5.41, 5.74) is 8.48. The van der Waals surface area contributed by atoms with Gasteiger partial charge >= 0.3 is 0 Å². The van der Waals surface area contributed by atoms with Crippen molar-refractivity contribution in [1.82, 2.24) is 0 Å². The lowest BCUT2D eigenvalue weighted by Crippen LogP contribution is -2.74. The van der Waals surface area contributed by atoms with E-state index in [0.29, 0.717) is 0 Å². The first-order valence-electron chi connectivity index (χ1n) is 16.9. The van der Waals surface area contributed by atoms with Crippen molar-refractivity contribution in [3.05, 3.63) is 188 Å². The van der Waals surface area contributed by atoms with Gasteiger partial charge in [0.15, 0.2) is 8.07 Å². The van der Waals surface area contributed by atoms with E-state index in [1.54, 1.807) is 0 Å². The normalized spacial score (nSPS) is 13.2. The highest BCUT2D eigenvalue weighted by molar-refractivity contribution is 7.23. The molecular weight excluding hydrogens is 611 g/mol. The molecule has 10 rings (SSSR count). The number of benzene rings is 8. The van der Waals surface area contributed by atoms with Crippen LogP contribution in [0, 0.1) is 0 Å². The summed E-state index contributed by atoms with van der Waals surface area (Å²) in [6, 6.07) is 68.6. The third kappa shape index (κ3) is 4.13. The van der Waals surface area contributed by atoms with E-state index in [9.17, 15) is 0 Å². The minimum Gasteiger partial charge on any atom is -0.458 e. The molecular formula is C46H31NOSi. The summed E-state index contributed by atoms with van der Waals surface area (Å²) in [6.45, 7) is 0. The molecule has 2 aliphatic heterocycles. The first-order chi connectivity index (χ1) is 24.3. The van der Waals surface area contributed by atoms with Crippen LogP contribution in [0.1, 0.15) is 0 Å². The second kappa shape index (κ2) is 10.9. The number of nitrogens with zero attached hydrogens (tertiary/aromatic N) is 1. The first kappa shape index (κ1) is 27.9. The van der Waals surface area contributed by atoms with Crippen molar-refractivity contribution < 1.29 is 4.74 Å². The Morgan fingerprint density at radius 3 is 1.73 bits per heavy atom.